The van der Waals surface area contributed by atoms with E-state index in [-0.39, 0.29) is 19.1 Å². The molecule has 4 unspecified atom stereocenters. The molecule has 1 aliphatic rings. The molecule has 0 bridgehead atoms. The number of amides is 1. The number of hydrogen-bond donors (Lipinski definition) is 4. The Morgan fingerprint density at radius 3 is 2.69 bits per heavy atom. The van der Waals surface area contributed by atoms with Crippen molar-refractivity contribution in [3.8, 4) is 0 Å². The van der Waals surface area contributed by atoms with Gasteiger partial charge in [-0.15, -0.1) is 0 Å². The maximum atomic E-state index is 11.3. The van der Waals surface area contributed by atoms with Gasteiger partial charge < -0.3 is 25.4 Å². The summed E-state index contributed by atoms with van der Waals surface area (Å²) in [6, 6.07) is -0.614. The van der Waals surface area contributed by atoms with Crippen LogP contribution in [0.1, 0.15) is 19.8 Å². The molecule has 0 aromatic rings. The first kappa shape index (κ1) is 13.4. The lowest BCUT2D eigenvalue weighted by molar-refractivity contribution is -0.164. The standard InChI is InChI=1S/C10H19NO5/c1-2-3-8(13)11-6-5-16-7(4-12)10(15)9(6)14/h6-7,9-10,12,14-15H,2-5H2,1H3,(H,11,13). The Hall–Kier alpha value is -0.690. The average Bonchev–Trinajstić information content (AvgIpc) is 2.25. The van der Waals surface area contributed by atoms with Crippen LogP contribution in [0.15, 0.2) is 0 Å². The molecule has 1 heterocycles. The van der Waals surface area contributed by atoms with Crippen LogP contribution in [-0.4, -0.2) is 58.8 Å². The maximum Gasteiger partial charge on any atom is 0.220 e. The molecular weight excluding hydrogens is 214 g/mol. The summed E-state index contributed by atoms with van der Waals surface area (Å²) in [7, 11) is 0. The number of carbonyl (C=O) groups excluding carboxylic acids is 1. The molecule has 4 atom stereocenters. The van der Waals surface area contributed by atoms with E-state index >= 15 is 0 Å². The van der Waals surface area contributed by atoms with Gasteiger partial charge in [-0.2, -0.15) is 0 Å². The van der Waals surface area contributed by atoms with E-state index in [1.54, 1.807) is 0 Å². The Kier molecular flexibility index (Phi) is 5.14. The SMILES string of the molecule is CCCC(=O)NC1COC(CO)C(O)C1O. The number of rotatable bonds is 4. The minimum atomic E-state index is -1.18. The smallest absolute Gasteiger partial charge is 0.220 e. The summed E-state index contributed by atoms with van der Waals surface area (Å²) < 4.78 is 5.13. The molecule has 16 heavy (non-hydrogen) atoms. The van der Waals surface area contributed by atoms with Crippen LogP contribution in [0.25, 0.3) is 0 Å². The number of nitrogens with one attached hydrogen (secondary N) is 1. The third kappa shape index (κ3) is 3.15. The Bertz CT molecular complexity index is 235. The number of hydrogen-bond acceptors (Lipinski definition) is 5. The van der Waals surface area contributed by atoms with E-state index < -0.39 is 24.4 Å². The predicted molar refractivity (Wildman–Crippen MR) is 55.7 cm³/mol. The zero-order chi connectivity index (χ0) is 12.1. The minimum Gasteiger partial charge on any atom is -0.394 e. The van der Waals surface area contributed by atoms with Crippen molar-refractivity contribution in [3.05, 3.63) is 0 Å². The monoisotopic (exact) mass is 233 g/mol. The highest BCUT2D eigenvalue weighted by Gasteiger charge is 2.38. The summed E-state index contributed by atoms with van der Waals surface area (Å²) in [5.74, 6) is -0.176. The van der Waals surface area contributed by atoms with E-state index in [4.69, 9.17) is 9.84 Å². The highest BCUT2D eigenvalue weighted by atomic mass is 16.5. The fourth-order valence-electron chi connectivity index (χ4n) is 1.68. The van der Waals surface area contributed by atoms with Gasteiger partial charge in [0.15, 0.2) is 0 Å². The third-order valence-corrected chi connectivity index (χ3v) is 2.64. The van der Waals surface area contributed by atoms with Gasteiger partial charge >= 0.3 is 0 Å². The van der Waals surface area contributed by atoms with Gasteiger partial charge in [0.1, 0.15) is 18.3 Å². The number of aliphatic hydroxyl groups excluding tert-OH is 3. The Balaban J connectivity index is 2.48. The van der Waals surface area contributed by atoms with Gasteiger partial charge in [-0.05, 0) is 6.42 Å². The summed E-state index contributed by atoms with van der Waals surface area (Å²) >= 11 is 0. The average molecular weight is 233 g/mol. The molecule has 6 heteroatoms. The van der Waals surface area contributed by atoms with Crippen molar-refractivity contribution in [2.75, 3.05) is 13.2 Å². The molecule has 0 aromatic carbocycles. The lowest BCUT2D eigenvalue weighted by atomic mass is 9.98. The van der Waals surface area contributed by atoms with Crippen LogP contribution < -0.4 is 5.32 Å². The predicted octanol–water partition coefficient (Wildman–Crippen LogP) is -1.62. The number of aliphatic hydroxyl groups is 3. The van der Waals surface area contributed by atoms with Crippen molar-refractivity contribution in [2.45, 2.75) is 44.1 Å². The van der Waals surface area contributed by atoms with Crippen molar-refractivity contribution < 1.29 is 24.9 Å². The molecule has 0 aliphatic carbocycles. The van der Waals surface area contributed by atoms with Gasteiger partial charge in [-0.25, -0.2) is 0 Å². The second kappa shape index (κ2) is 6.15. The number of ether oxygens (including phenoxy) is 1. The van der Waals surface area contributed by atoms with E-state index in [0.717, 1.165) is 6.42 Å². The summed E-state index contributed by atoms with van der Waals surface area (Å²) in [5, 5.41) is 30.7. The molecule has 0 saturated carbocycles. The first-order valence-corrected chi connectivity index (χ1v) is 5.48. The summed E-state index contributed by atoms with van der Waals surface area (Å²) in [4.78, 5) is 11.3. The maximum absolute atomic E-state index is 11.3. The van der Waals surface area contributed by atoms with E-state index in [1.807, 2.05) is 6.92 Å². The highest BCUT2D eigenvalue weighted by molar-refractivity contribution is 5.76. The van der Waals surface area contributed by atoms with Crippen LogP contribution in [0, 0.1) is 0 Å². The fraction of sp³-hybridized carbons (Fsp3) is 0.900. The summed E-state index contributed by atoms with van der Waals surface area (Å²) in [5.41, 5.74) is 0. The largest absolute Gasteiger partial charge is 0.394 e. The van der Waals surface area contributed by atoms with Crippen LogP contribution in [0.5, 0.6) is 0 Å². The lowest BCUT2D eigenvalue weighted by Gasteiger charge is -2.37. The molecule has 4 N–H and O–H groups in total. The molecule has 1 rings (SSSR count). The quantitative estimate of drug-likeness (QED) is 0.468. The van der Waals surface area contributed by atoms with Gasteiger partial charge in [0, 0.05) is 6.42 Å². The Morgan fingerprint density at radius 2 is 2.12 bits per heavy atom. The van der Waals surface area contributed by atoms with Crippen LogP contribution in [0.3, 0.4) is 0 Å². The van der Waals surface area contributed by atoms with Gasteiger partial charge in [-0.1, -0.05) is 6.92 Å². The normalized spacial score (nSPS) is 34.8. The second-order valence-electron chi connectivity index (χ2n) is 3.96. The summed E-state index contributed by atoms with van der Waals surface area (Å²) in [6.45, 7) is 1.62. The minimum absolute atomic E-state index is 0.0961. The van der Waals surface area contributed by atoms with Gasteiger partial charge in [-0.3, -0.25) is 4.79 Å². The van der Waals surface area contributed by atoms with Gasteiger partial charge in [0.05, 0.1) is 19.3 Å². The second-order valence-corrected chi connectivity index (χ2v) is 3.96. The van der Waals surface area contributed by atoms with Crippen molar-refractivity contribution in [1.29, 1.82) is 0 Å². The lowest BCUT2D eigenvalue weighted by Crippen LogP contribution is -2.59. The van der Waals surface area contributed by atoms with Crippen molar-refractivity contribution in [2.24, 2.45) is 0 Å². The van der Waals surface area contributed by atoms with Gasteiger partial charge in [0.2, 0.25) is 5.91 Å². The molecule has 6 nitrogen and oxygen atoms in total. The molecule has 0 aromatic heterocycles. The van der Waals surface area contributed by atoms with E-state index in [1.165, 1.54) is 0 Å². The van der Waals surface area contributed by atoms with Crippen LogP contribution in [-0.2, 0) is 9.53 Å². The highest BCUT2D eigenvalue weighted by Crippen LogP contribution is 2.15. The zero-order valence-electron chi connectivity index (χ0n) is 9.30. The van der Waals surface area contributed by atoms with E-state index in [9.17, 15) is 15.0 Å². The molecule has 0 radical (unpaired) electrons. The molecular formula is C10H19NO5. The molecule has 1 amide bonds. The topological polar surface area (TPSA) is 99.0 Å². The Labute approximate surface area is 94.2 Å². The number of carbonyl (C=O) groups is 1. The van der Waals surface area contributed by atoms with Gasteiger partial charge in [0.25, 0.3) is 0 Å². The zero-order valence-corrected chi connectivity index (χ0v) is 9.30. The molecule has 94 valence electrons. The van der Waals surface area contributed by atoms with Crippen LogP contribution >= 0.6 is 0 Å². The van der Waals surface area contributed by atoms with Crippen LogP contribution in [0.4, 0.5) is 0 Å². The fourth-order valence-corrected chi connectivity index (χ4v) is 1.68. The van der Waals surface area contributed by atoms with Crippen molar-refractivity contribution in [1.82, 2.24) is 5.32 Å². The molecule has 0 spiro atoms. The molecule has 1 aliphatic heterocycles. The molecule has 1 saturated heterocycles. The van der Waals surface area contributed by atoms with Crippen molar-refractivity contribution >= 4 is 5.91 Å². The van der Waals surface area contributed by atoms with E-state index in [0.29, 0.717) is 6.42 Å². The van der Waals surface area contributed by atoms with E-state index in [2.05, 4.69) is 5.32 Å². The third-order valence-electron chi connectivity index (χ3n) is 2.64. The summed E-state index contributed by atoms with van der Waals surface area (Å²) in [6.07, 6.45) is -1.97. The first-order valence-electron chi connectivity index (χ1n) is 5.48. The first-order chi connectivity index (χ1) is 7.60. The Morgan fingerprint density at radius 1 is 1.44 bits per heavy atom. The van der Waals surface area contributed by atoms with Crippen molar-refractivity contribution in [3.63, 3.8) is 0 Å². The molecule has 1 fully saturated rings. The van der Waals surface area contributed by atoms with Crippen LogP contribution in [0.2, 0.25) is 0 Å².